The van der Waals surface area contributed by atoms with Gasteiger partial charge in [0.25, 0.3) is 0 Å². The summed E-state index contributed by atoms with van der Waals surface area (Å²) in [5.41, 5.74) is 3.57. The van der Waals surface area contributed by atoms with E-state index in [0.29, 0.717) is 5.25 Å². The molecule has 0 fully saturated rings. The van der Waals surface area contributed by atoms with Gasteiger partial charge in [0.05, 0.1) is 11.0 Å². The van der Waals surface area contributed by atoms with Crippen LogP contribution in [0.15, 0.2) is 70.9 Å². The lowest BCUT2D eigenvalue weighted by atomic mass is 10.1. The van der Waals surface area contributed by atoms with Gasteiger partial charge in [-0.3, -0.25) is 0 Å². The molecule has 0 saturated heterocycles. The second-order valence-corrected chi connectivity index (χ2v) is 6.30. The van der Waals surface area contributed by atoms with Crippen LogP contribution in [0.4, 0.5) is 0 Å². The second-order valence-electron chi connectivity index (χ2n) is 5.02. The van der Waals surface area contributed by atoms with Crippen LogP contribution in [0.1, 0.15) is 24.5 Å². The zero-order valence-electron chi connectivity index (χ0n) is 12.1. The SMILES string of the molecule is CCC1SC(Cc2ccccc2)=NN=C1c1ccccc1. The molecule has 1 aliphatic rings. The minimum atomic E-state index is 0.392. The van der Waals surface area contributed by atoms with Crippen LogP contribution in [0.2, 0.25) is 0 Å². The number of benzene rings is 2. The topological polar surface area (TPSA) is 24.7 Å². The fourth-order valence-electron chi connectivity index (χ4n) is 2.39. The largest absolute Gasteiger partial charge is 0.153 e. The van der Waals surface area contributed by atoms with Gasteiger partial charge >= 0.3 is 0 Å². The number of hydrogen-bond donors (Lipinski definition) is 0. The molecule has 1 aliphatic heterocycles. The maximum atomic E-state index is 4.51. The summed E-state index contributed by atoms with van der Waals surface area (Å²) in [4.78, 5) is 0. The van der Waals surface area contributed by atoms with Crippen LogP contribution < -0.4 is 0 Å². The van der Waals surface area contributed by atoms with Crippen LogP contribution in [0.3, 0.4) is 0 Å². The molecule has 0 N–H and O–H groups in total. The lowest BCUT2D eigenvalue weighted by molar-refractivity contribution is 0.994. The van der Waals surface area contributed by atoms with Crippen LogP contribution in [-0.2, 0) is 6.42 Å². The third kappa shape index (κ3) is 3.42. The first kappa shape index (κ1) is 14.1. The maximum absolute atomic E-state index is 4.51. The number of rotatable bonds is 4. The standard InChI is InChI=1S/C18H18N2S/c1-2-16-18(15-11-7-4-8-12-15)20-19-17(21-16)13-14-9-5-3-6-10-14/h3-12,16H,2,13H2,1H3. The first-order valence-corrected chi connectivity index (χ1v) is 8.15. The zero-order valence-corrected chi connectivity index (χ0v) is 12.9. The van der Waals surface area contributed by atoms with Gasteiger partial charge in [-0.15, -0.1) is 5.10 Å². The monoisotopic (exact) mass is 294 g/mol. The van der Waals surface area contributed by atoms with Crippen molar-refractivity contribution in [1.29, 1.82) is 0 Å². The molecule has 0 radical (unpaired) electrons. The van der Waals surface area contributed by atoms with Gasteiger partial charge in [0.15, 0.2) is 0 Å². The summed E-state index contributed by atoms with van der Waals surface area (Å²) >= 11 is 1.85. The molecule has 2 nitrogen and oxygen atoms in total. The number of thioether (sulfide) groups is 1. The summed E-state index contributed by atoms with van der Waals surface area (Å²) in [5, 5.41) is 10.5. The van der Waals surface area contributed by atoms with Gasteiger partial charge in [0.2, 0.25) is 0 Å². The number of hydrogen-bond acceptors (Lipinski definition) is 3. The first-order chi connectivity index (χ1) is 10.4. The molecule has 0 aliphatic carbocycles. The Bertz CT molecular complexity index is 647. The molecule has 0 bridgehead atoms. The van der Waals surface area contributed by atoms with E-state index in [1.165, 1.54) is 11.1 Å². The molecular weight excluding hydrogens is 276 g/mol. The Labute approximate surface area is 130 Å². The summed E-state index contributed by atoms with van der Waals surface area (Å²) in [7, 11) is 0. The maximum Gasteiger partial charge on any atom is 0.101 e. The lowest BCUT2D eigenvalue weighted by Gasteiger charge is -2.21. The Morgan fingerprint density at radius 3 is 2.24 bits per heavy atom. The average Bonchev–Trinajstić information content (AvgIpc) is 2.56. The van der Waals surface area contributed by atoms with Crippen molar-refractivity contribution in [2.45, 2.75) is 25.0 Å². The summed E-state index contributed by atoms with van der Waals surface area (Å²) in [6.07, 6.45) is 1.93. The molecule has 1 heterocycles. The highest BCUT2D eigenvalue weighted by Gasteiger charge is 2.23. The van der Waals surface area contributed by atoms with Crippen LogP contribution >= 0.6 is 11.8 Å². The Morgan fingerprint density at radius 2 is 1.57 bits per heavy atom. The van der Waals surface area contributed by atoms with Crippen molar-refractivity contribution in [2.75, 3.05) is 0 Å². The van der Waals surface area contributed by atoms with E-state index >= 15 is 0 Å². The van der Waals surface area contributed by atoms with E-state index in [1.807, 2.05) is 23.9 Å². The first-order valence-electron chi connectivity index (χ1n) is 7.27. The molecule has 2 aromatic carbocycles. The highest BCUT2D eigenvalue weighted by molar-refractivity contribution is 8.15. The van der Waals surface area contributed by atoms with Crippen LogP contribution in [0, 0.1) is 0 Å². The van der Waals surface area contributed by atoms with Gasteiger partial charge in [-0.2, -0.15) is 5.10 Å². The normalized spacial score (nSPS) is 18.0. The molecule has 21 heavy (non-hydrogen) atoms. The molecule has 106 valence electrons. The van der Waals surface area contributed by atoms with E-state index in [9.17, 15) is 0 Å². The lowest BCUT2D eigenvalue weighted by Crippen LogP contribution is -2.23. The van der Waals surface area contributed by atoms with Gasteiger partial charge < -0.3 is 0 Å². The highest BCUT2D eigenvalue weighted by Crippen LogP contribution is 2.27. The van der Waals surface area contributed by atoms with Crippen molar-refractivity contribution in [1.82, 2.24) is 0 Å². The fourth-order valence-corrected chi connectivity index (χ4v) is 3.52. The summed E-state index contributed by atoms with van der Waals surface area (Å²) in [6, 6.07) is 20.8. The Morgan fingerprint density at radius 1 is 0.905 bits per heavy atom. The van der Waals surface area contributed by atoms with Gasteiger partial charge in [-0.25, -0.2) is 0 Å². The van der Waals surface area contributed by atoms with Gasteiger partial charge in [-0.1, -0.05) is 79.3 Å². The fraction of sp³-hybridized carbons (Fsp3) is 0.222. The van der Waals surface area contributed by atoms with Gasteiger partial charge in [0.1, 0.15) is 5.04 Å². The predicted octanol–water partition coefficient (Wildman–Crippen LogP) is 4.56. The molecule has 1 atom stereocenters. The van der Waals surface area contributed by atoms with Crippen molar-refractivity contribution in [3.63, 3.8) is 0 Å². The molecule has 3 heteroatoms. The van der Waals surface area contributed by atoms with E-state index in [0.717, 1.165) is 23.6 Å². The van der Waals surface area contributed by atoms with E-state index in [1.54, 1.807) is 0 Å². The smallest absolute Gasteiger partial charge is 0.101 e. The van der Waals surface area contributed by atoms with Crippen LogP contribution in [0.25, 0.3) is 0 Å². The molecule has 1 unspecified atom stereocenters. The molecule has 0 spiro atoms. The van der Waals surface area contributed by atoms with Crippen molar-refractivity contribution in [2.24, 2.45) is 10.2 Å². The number of nitrogens with zero attached hydrogens (tertiary/aromatic N) is 2. The second kappa shape index (κ2) is 6.72. The molecule has 3 rings (SSSR count). The Balaban J connectivity index is 1.83. The third-order valence-corrected chi connectivity index (χ3v) is 4.83. The van der Waals surface area contributed by atoms with E-state index in [2.05, 4.69) is 65.7 Å². The minimum Gasteiger partial charge on any atom is -0.153 e. The summed E-state index contributed by atoms with van der Waals surface area (Å²) in [5.74, 6) is 0. The molecule has 0 amide bonds. The molecular formula is C18H18N2S. The predicted molar refractivity (Wildman–Crippen MR) is 92.2 cm³/mol. The minimum absolute atomic E-state index is 0.392. The summed E-state index contributed by atoms with van der Waals surface area (Å²) < 4.78 is 0. The molecule has 0 saturated carbocycles. The zero-order chi connectivity index (χ0) is 14.5. The van der Waals surface area contributed by atoms with Crippen LogP contribution in [0.5, 0.6) is 0 Å². The molecule has 2 aromatic rings. The van der Waals surface area contributed by atoms with Crippen LogP contribution in [-0.4, -0.2) is 16.0 Å². The summed E-state index contributed by atoms with van der Waals surface area (Å²) in [6.45, 7) is 2.21. The third-order valence-electron chi connectivity index (χ3n) is 3.49. The van der Waals surface area contributed by atoms with Crippen molar-refractivity contribution >= 4 is 22.5 Å². The van der Waals surface area contributed by atoms with Crippen molar-refractivity contribution in [3.05, 3.63) is 71.8 Å². The van der Waals surface area contributed by atoms with Crippen molar-refractivity contribution < 1.29 is 0 Å². The molecule has 0 aromatic heterocycles. The van der Waals surface area contributed by atoms with E-state index in [4.69, 9.17) is 0 Å². The Kier molecular flexibility index (Phi) is 4.51. The van der Waals surface area contributed by atoms with Gasteiger partial charge in [-0.05, 0) is 17.5 Å². The average molecular weight is 294 g/mol. The van der Waals surface area contributed by atoms with Crippen molar-refractivity contribution in [3.8, 4) is 0 Å². The Hall–Kier alpha value is -1.87. The van der Waals surface area contributed by atoms with Gasteiger partial charge in [0, 0.05) is 6.42 Å². The van der Waals surface area contributed by atoms with E-state index in [-0.39, 0.29) is 0 Å². The highest BCUT2D eigenvalue weighted by atomic mass is 32.2. The quantitative estimate of drug-likeness (QED) is 0.811. The van der Waals surface area contributed by atoms with E-state index < -0.39 is 0 Å².